The van der Waals surface area contributed by atoms with Gasteiger partial charge in [-0.05, 0) is 37.0 Å². The topological polar surface area (TPSA) is 43.9 Å². The first-order valence-electron chi connectivity index (χ1n) is 8.25. The van der Waals surface area contributed by atoms with Crippen molar-refractivity contribution in [1.29, 1.82) is 0 Å². The van der Waals surface area contributed by atoms with Crippen molar-refractivity contribution in [1.82, 2.24) is 9.80 Å². The van der Waals surface area contributed by atoms with Gasteiger partial charge in [-0.25, -0.2) is 9.18 Å². The number of hydrogen-bond acceptors (Lipinski definition) is 2. The minimum atomic E-state index is -0.381. The van der Waals surface area contributed by atoms with E-state index in [2.05, 4.69) is 0 Å². The van der Waals surface area contributed by atoms with E-state index in [-0.39, 0.29) is 22.8 Å². The van der Waals surface area contributed by atoms with Gasteiger partial charge in [0, 0.05) is 39.6 Å². The van der Waals surface area contributed by atoms with Gasteiger partial charge >= 0.3 is 6.03 Å². The maximum Gasteiger partial charge on any atom is 0.324 e. The summed E-state index contributed by atoms with van der Waals surface area (Å²) in [7, 11) is 1.72. The SMILES string of the molecule is CN(CCN1CCCC1=O)C(=O)N1CCCc2cc(F)cc(Cl)c21. The molecule has 3 rings (SSSR count). The molecule has 1 fully saturated rings. The van der Waals surface area contributed by atoms with Gasteiger partial charge < -0.3 is 9.80 Å². The highest BCUT2D eigenvalue weighted by atomic mass is 35.5. The summed E-state index contributed by atoms with van der Waals surface area (Å²) in [5.74, 6) is -0.230. The summed E-state index contributed by atoms with van der Waals surface area (Å²) in [6.45, 7) is 2.33. The lowest BCUT2D eigenvalue weighted by Gasteiger charge is -2.34. The number of nitrogens with zero attached hydrogens (tertiary/aromatic N) is 3. The van der Waals surface area contributed by atoms with Gasteiger partial charge in [0.05, 0.1) is 10.7 Å². The lowest BCUT2D eigenvalue weighted by atomic mass is 10.0. The molecule has 0 spiro atoms. The largest absolute Gasteiger partial charge is 0.341 e. The molecule has 0 atom stereocenters. The third kappa shape index (κ3) is 3.34. The van der Waals surface area contributed by atoms with Crippen LogP contribution in [0.2, 0.25) is 5.02 Å². The molecule has 3 amide bonds. The second-order valence-electron chi connectivity index (χ2n) is 6.34. The zero-order valence-corrected chi connectivity index (χ0v) is 14.5. The number of hydrogen-bond donors (Lipinski definition) is 0. The Bertz CT molecular complexity index is 667. The van der Waals surface area contributed by atoms with E-state index >= 15 is 0 Å². The molecule has 24 heavy (non-hydrogen) atoms. The van der Waals surface area contributed by atoms with Crippen molar-refractivity contribution in [3.05, 3.63) is 28.5 Å². The fourth-order valence-corrected chi connectivity index (χ4v) is 3.68. The molecule has 0 aliphatic carbocycles. The summed E-state index contributed by atoms with van der Waals surface area (Å²) < 4.78 is 13.5. The first kappa shape index (κ1) is 17.0. The van der Waals surface area contributed by atoms with Gasteiger partial charge in [0.15, 0.2) is 0 Å². The number of fused-ring (bicyclic) bond motifs is 1. The van der Waals surface area contributed by atoms with Crippen LogP contribution in [0.15, 0.2) is 12.1 Å². The number of likely N-dealkylation sites (N-methyl/N-ethyl adjacent to an activating group) is 1. The highest BCUT2D eigenvalue weighted by Gasteiger charge is 2.28. The number of benzene rings is 1. The van der Waals surface area contributed by atoms with Crippen molar-refractivity contribution in [3.8, 4) is 0 Å². The molecular weight excluding hydrogens is 333 g/mol. The Balaban J connectivity index is 1.70. The van der Waals surface area contributed by atoms with Crippen LogP contribution in [0.4, 0.5) is 14.9 Å². The number of anilines is 1. The summed E-state index contributed by atoms with van der Waals surface area (Å²) in [4.78, 5) is 29.4. The maximum atomic E-state index is 13.5. The fourth-order valence-electron chi connectivity index (χ4n) is 3.36. The molecule has 1 saturated heterocycles. The van der Waals surface area contributed by atoms with Crippen LogP contribution in [0.25, 0.3) is 0 Å². The summed E-state index contributed by atoms with van der Waals surface area (Å²) in [5, 5.41) is 0.265. The van der Waals surface area contributed by atoms with E-state index in [1.54, 1.807) is 21.7 Å². The maximum absolute atomic E-state index is 13.5. The van der Waals surface area contributed by atoms with Crippen LogP contribution in [0.5, 0.6) is 0 Å². The number of carbonyl (C=O) groups is 2. The minimum absolute atomic E-state index is 0.151. The molecule has 5 nitrogen and oxygen atoms in total. The first-order chi connectivity index (χ1) is 11.5. The van der Waals surface area contributed by atoms with E-state index in [0.29, 0.717) is 38.2 Å². The molecule has 0 N–H and O–H groups in total. The van der Waals surface area contributed by atoms with Crippen molar-refractivity contribution in [2.75, 3.05) is 38.1 Å². The summed E-state index contributed by atoms with van der Waals surface area (Å²) in [6, 6.07) is 2.52. The zero-order chi connectivity index (χ0) is 17.3. The predicted octanol–water partition coefficient (Wildman–Crippen LogP) is 2.91. The molecule has 0 aromatic heterocycles. The number of likely N-dealkylation sites (tertiary alicyclic amines) is 1. The Hall–Kier alpha value is -1.82. The summed E-state index contributed by atoms with van der Waals surface area (Å²) >= 11 is 6.19. The van der Waals surface area contributed by atoms with Gasteiger partial charge in [0.25, 0.3) is 0 Å². The van der Waals surface area contributed by atoms with Gasteiger partial charge in [0.2, 0.25) is 5.91 Å². The Morgan fingerprint density at radius 3 is 2.75 bits per heavy atom. The number of urea groups is 1. The van der Waals surface area contributed by atoms with Crippen LogP contribution in [-0.4, -0.2) is 55.0 Å². The van der Waals surface area contributed by atoms with E-state index in [9.17, 15) is 14.0 Å². The Labute approximate surface area is 146 Å². The van der Waals surface area contributed by atoms with Gasteiger partial charge in [-0.1, -0.05) is 11.6 Å². The van der Waals surface area contributed by atoms with Crippen molar-refractivity contribution in [2.24, 2.45) is 0 Å². The number of rotatable bonds is 3. The second kappa shape index (κ2) is 6.97. The highest BCUT2D eigenvalue weighted by Crippen LogP contribution is 2.35. The second-order valence-corrected chi connectivity index (χ2v) is 6.75. The smallest absolute Gasteiger partial charge is 0.324 e. The van der Waals surface area contributed by atoms with Crippen LogP contribution >= 0.6 is 11.6 Å². The molecule has 2 aliphatic rings. The third-order valence-electron chi connectivity index (χ3n) is 4.64. The predicted molar refractivity (Wildman–Crippen MR) is 90.9 cm³/mol. The molecule has 0 bridgehead atoms. The molecular formula is C17H21ClFN3O2. The van der Waals surface area contributed by atoms with Crippen molar-refractivity contribution < 1.29 is 14.0 Å². The van der Waals surface area contributed by atoms with Crippen molar-refractivity contribution in [2.45, 2.75) is 25.7 Å². The van der Waals surface area contributed by atoms with Crippen LogP contribution in [0.1, 0.15) is 24.8 Å². The summed E-state index contributed by atoms with van der Waals surface area (Å²) in [5.41, 5.74) is 1.38. The van der Waals surface area contributed by atoms with Gasteiger partial charge in [-0.2, -0.15) is 0 Å². The third-order valence-corrected chi connectivity index (χ3v) is 4.93. The van der Waals surface area contributed by atoms with Crippen LogP contribution in [-0.2, 0) is 11.2 Å². The summed E-state index contributed by atoms with van der Waals surface area (Å²) in [6.07, 6.45) is 2.97. The molecule has 0 saturated carbocycles. The van der Waals surface area contributed by atoms with Crippen LogP contribution < -0.4 is 4.90 Å². The monoisotopic (exact) mass is 353 g/mol. The van der Waals surface area contributed by atoms with Gasteiger partial charge in [-0.15, -0.1) is 0 Å². The number of carbonyl (C=O) groups excluding carboxylic acids is 2. The van der Waals surface area contributed by atoms with Crippen LogP contribution in [0, 0.1) is 5.82 Å². The first-order valence-corrected chi connectivity index (χ1v) is 8.63. The number of halogens is 2. The standard InChI is InChI=1S/C17H21ClFN3O2/c1-20(8-9-21-6-3-5-15(21)23)17(24)22-7-2-4-12-10-13(19)11-14(18)16(12)22/h10-11H,2-9H2,1H3. The Kier molecular flexibility index (Phi) is 4.94. The lowest BCUT2D eigenvalue weighted by molar-refractivity contribution is -0.127. The zero-order valence-electron chi connectivity index (χ0n) is 13.7. The molecule has 2 heterocycles. The molecule has 2 aliphatic heterocycles. The Morgan fingerprint density at radius 2 is 2.04 bits per heavy atom. The highest BCUT2D eigenvalue weighted by molar-refractivity contribution is 6.34. The van der Waals surface area contributed by atoms with Crippen molar-refractivity contribution >= 4 is 29.2 Å². The van der Waals surface area contributed by atoms with Gasteiger partial charge in [-0.3, -0.25) is 9.69 Å². The molecule has 0 radical (unpaired) electrons. The molecule has 7 heteroatoms. The number of amides is 3. The lowest BCUT2D eigenvalue weighted by Crippen LogP contribution is -2.46. The number of aryl methyl sites for hydroxylation is 1. The van der Waals surface area contributed by atoms with Crippen molar-refractivity contribution in [3.63, 3.8) is 0 Å². The van der Waals surface area contributed by atoms with E-state index < -0.39 is 0 Å². The average Bonchev–Trinajstić information content (AvgIpc) is 2.96. The van der Waals surface area contributed by atoms with E-state index in [4.69, 9.17) is 11.6 Å². The quantitative estimate of drug-likeness (QED) is 0.838. The van der Waals surface area contributed by atoms with E-state index in [1.807, 2.05) is 0 Å². The van der Waals surface area contributed by atoms with Crippen LogP contribution in [0.3, 0.4) is 0 Å². The molecule has 1 aromatic carbocycles. The molecule has 0 unspecified atom stereocenters. The Morgan fingerprint density at radius 1 is 1.29 bits per heavy atom. The molecule has 130 valence electrons. The molecule has 1 aromatic rings. The van der Waals surface area contributed by atoms with Gasteiger partial charge in [0.1, 0.15) is 5.82 Å². The minimum Gasteiger partial charge on any atom is -0.341 e. The van der Waals surface area contributed by atoms with E-state index in [0.717, 1.165) is 24.9 Å². The normalized spacial score (nSPS) is 17.2. The average molecular weight is 354 g/mol. The van der Waals surface area contributed by atoms with E-state index in [1.165, 1.54) is 12.1 Å². The fraction of sp³-hybridized carbons (Fsp3) is 0.529.